The predicted molar refractivity (Wildman–Crippen MR) is 73.5 cm³/mol. The number of aliphatic hydroxyl groups excluding tert-OH is 1. The summed E-state index contributed by atoms with van der Waals surface area (Å²) in [7, 11) is 0. The van der Waals surface area contributed by atoms with Crippen molar-refractivity contribution in [2.24, 2.45) is 0 Å². The molecule has 0 radical (unpaired) electrons. The molecule has 1 aromatic carbocycles. The molecule has 0 unspecified atom stereocenters. The molecule has 0 fully saturated rings. The van der Waals surface area contributed by atoms with Gasteiger partial charge >= 0.3 is 0 Å². The van der Waals surface area contributed by atoms with Crippen LogP contribution in [0.5, 0.6) is 0 Å². The van der Waals surface area contributed by atoms with Crippen molar-refractivity contribution in [2.75, 3.05) is 11.9 Å². The van der Waals surface area contributed by atoms with Crippen LogP contribution in [0.4, 0.5) is 5.82 Å². The lowest BCUT2D eigenvalue weighted by atomic mass is 10.1. The molecule has 0 saturated carbocycles. The molecule has 2 N–H and O–H groups in total. The van der Waals surface area contributed by atoms with E-state index in [0.717, 1.165) is 5.56 Å². The number of rotatable bonds is 4. The highest BCUT2D eigenvalue weighted by atomic mass is 35.5. The maximum atomic E-state index is 10.1. The van der Waals surface area contributed by atoms with Gasteiger partial charge in [0.15, 0.2) is 5.65 Å². The van der Waals surface area contributed by atoms with Gasteiger partial charge in [-0.1, -0.05) is 23.7 Å². The number of aliphatic hydroxyl groups is 1. The molecule has 0 amide bonds. The minimum absolute atomic E-state index is 0.322. The largest absolute Gasteiger partial charge is 0.387 e. The van der Waals surface area contributed by atoms with Gasteiger partial charge in [0.1, 0.15) is 5.82 Å². The Labute approximate surface area is 119 Å². The summed E-state index contributed by atoms with van der Waals surface area (Å²) in [5.74, 6) is 0.581. The Morgan fingerprint density at radius 2 is 2.00 bits per heavy atom. The summed E-state index contributed by atoms with van der Waals surface area (Å²) in [4.78, 5) is 0. The van der Waals surface area contributed by atoms with E-state index in [-0.39, 0.29) is 0 Å². The van der Waals surface area contributed by atoms with E-state index in [4.69, 9.17) is 11.6 Å². The third kappa shape index (κ3) is 2.68. The average Bonchev–Trinajstić information content (AvgIpc) is 2.93. The number of halogens is 1. The van der Waals surface area contributed by atoms with E-state index in [1.807, 2.05) is 0 Å². The van der Waals surface area contributed by atoms with Crippen molar-refractivity contribution in [3.05, 3.63) is 47.0 Å². The van der Waals surface area contributed by atoms with Gasteiger partial charge in [-0.25, -0.2) is 0 Å². The molecule has 0 aliphatic heterocycles. The highest BCUT2D eigenvalue weighted by Crippen LogP contribution is 2.16. The predicted octanol–water partition coefficient (Wildman–Crippen LogP) is 1.32. The molecule has 7 nitrogen and oxygen atoms in total. The van der Waals surface area contributed by atoms with Gasteiger partial charge in [-0.2, -0.15) is 0 Å². The Bertz CT molecular complexity index is 713. The van der Waals surface area contributed by atoms with Crippen molar-refractivity contribution >= 4 is 23.1 Å². The molecular formula is C12H11ClN6O. The zero-order chi connectivity index (χ0) is 13.9. The van der Waals surface area contributed by atoms with Crippen LogP contribution in [0.1, 0.15) is 11.7 Å². The molecule has 2 heterocycles. The Kier molecular flexibility index (Phi) is 3.44. The minimum Gasteiger partial charge on any atom is -0.387 e. The summed E-state index contributed by atoms with van der Waals surface area (Å²) in [6, 6.07) is 10.5. The van der Waals surface area contributed by atoms with Crippen LogP contribution < -0.4 is 5.32 Å². The zero-order valence-electron chi connectivity index (χ0n) is 10.3. The summed E-state index contributed by atoms with van der Waals surface area (Å²) in [5.41, 5.74) is 1.35. The number of hydrogen-bond donors (Lipinski definition) is 2. The molecule has 8 heteroatoms. The second-order valence-electron chi connectivity index (χ2n) is 4.19. The normalized spacial score (nSPS) is 12.5. The monoisotopic (exact) mass is 290 g/mol. The lowest BCUT2D eigenvalue weighted by Gasteiger charge is -2.12. The van der Waals surface area contributed by atoms with E-state index in [0.29, 0.717) is 23.0 Å². The molecule has 2 aromatic heterocycles. The maximum Gasteiger partial charge on any atom is 0.200 e. The number of tetrazole rings is 1. The van der Waals surface area contributed by atoms with E-state index < -0.39 is 6.10 Å². The Balaban J connectivity index is 1.67. The number of hydrogen-bond acceptors (Lipinski definition) is 6. The van der Waals surface area contributed by atoms with Crippen LogP contribution in [-0.2, 0) is 0 Å². The summed E-state index contributed by atoms with van der Waals surface area (Å²) in [5, 5.41) is 28.9. The maximum absolute atomic E-state index is 10.1. The fourth-order valence-corrected chi connectivity index (χ4v) is 1.87. The quantitative estimate of drug-likeness (QED) is 0.753. The lowest BCUT2D eigenvalue weighted by molar-refractivity contribution is 0.191. The zero-order valence-corrected chi connectivity index (χ0v) is 11.1. The van der Waals surface area contributed by atoms with Crippen molar-refractivity contribution in [1.29, 1.82) is 0 Å². The Morgan fingerprint density at radius 1 is 1.20 bits per heavy atom. The van der Waals surface area contributed by atoms with Gasteiger partial charge in [-0.3, -0.25) is 0 Å². The van der Waals surface area contributed by atoms with Gasteiger partial charge in [0.05, 0.1) is 6.10 Å². The third-order valence-electron chi connectivity index (χ3n) is 2.80. The molecule has 1 atom stereocenters. The van der Waals surface area contributed by atoms with E-state index in [9.17, 15) is 5.11 Å². The van der Waals surface area contributed by atoms with Crippen molar-refractivity contribution < 1.29 is 5.11 Å². The van der Waals surface area contributed by atoms with Crippen LogP contribution in [0.2, 0.25) is 5.02 Å². The Morgan fingerprint density at radius 3 is 2.80 bits per heavy atom. The molecular weight excluding hydrogens is 280 g/mol. The SMILES string of the molecule is O[C@H](CNc1ccc2nnnn2n1)c1ccc(Cl)cc1. The summed E-state index contributed by atoms with van der Waals surface area (Å²) in [6.07, 6.45) is -0.654. The van der Waals surface area contributed by atoms with Gasteiger partial charge in [0, 0.05) is 11.6 Å². The highest BCUT2D eigenvalue weighted by molar-refractivity contribution is 6.30. The van der Waals surface area contributed by atoms with E-state index >= 15 is 0 Å². The lowest BCUT2D eigenvalue weighted by Crippen LogP contribution is -2.13. The summed E-state index contributed by atoms with van der Waals surface area (Å²) >= 11 is 5.81. The van der Waals surface area contributed by atoms with Gasteiger partial charge in [-0.05, 0) is 40.3 Å². The van der Waals surface area contributed by atoms with E-state index in [1.54, 1.807) is 36.4 Å². The number of nitrogens with one attached hydrogen (secondary N) is 1. The van der Waals surface area contributed by atoms with Crippen LogP contribution in [0.3, 0.4) is 0 Å². The van der Waals surface area contributed by atoms with Gasteiger partial charge in [-0.15, -0.1) is 14.8 Å². The van der Waals surface area contributed by atoms with Gasteiger partial charge in [0.25, 0.3) is 0 Å². The van der Waals surface area contributed by atoms with Crippen LogP contribution in [-0.4, -0.2) is 36.9 Å². The number of aromatic nitrogens is 5. The molecule has 3 rings (SSSR count). The molecule has 102 valence electrons. The van der Waals surface area contributed by atoms with Crippen molar-refractivity contribution in [3.8, 4) is 0 Å². The molecule has 0 spiro atoms. The van der Waals surface area contributed by atoms with Gasteiger partial charge < -0.3 is 10.4 Å². The van der Waals surface area contributed by atoms with E-state index in [2.05, 4.69) is 25.9 Å². The fourth-order valence-electron chi connectivity index (χ4n) is 1.75. The van der Waals surface area contributed by atoms with Crippen LogP contribution >= 0.6 is 11.6 Å². The molecule has 0 saturated heterocycles. The highest BCUT2D eigenvalue weighted by Gasteiger charge is 2.08. The number of nitrogens with zero attached hydrogens (tertiary/aromatic N) is 5. The molecule has 3 aromatic rings. The number of benzene rings is 1. The van der Waals surface area contributed by atoms with E-state index in [1.165, 1.54) is 4.63 Å². The first-order chi connectivity index (χ1) is 9.72. The summed E-state index contributed by atoms with van der Waals surface area (Å²) < 4.78 is 1.32. The van der Waals surface area contributed by atoms with Crippen LogP contribution in [0, 0.1) is 0 Å². The second-order valence-corrected chi connectivity index (χ2v) is 4.63. The molecule has 0 aliphatic rings. The standard InChI is InChI=1S/C12H11ClN6O/c13-9-3-1-8(2-4-9)10(20)7-14-11-5-6-12-15-17-18-19(12)16-11/h1-6,10,20H,7H2,(H,14,16)/t10-/m1/s1. The minimum atomic E-state index is -0.654. The fraction of sp³-hybridized carbons (Fsp3) is 0.167. The molecule has 0 aliphatic carbocycles. The topological polar surface area (TPSA) is 88.2 Å². The van der Waals surface area contributed by atoms with Crippen LogP contribution in [0.25, 0.3) is 5.65 Å². The first-order valence-electron chi connectivity index (χ1n) is 5.95. The molecule has 0 bridgehead atoms. The Hall–Kier alpha value is -2.25. The van der Waals surface area contributed by atoms with Crippen LogP contribution in [0.15, 0.2) is 36.4 Å². The smallest absolute Gasteiger partial charge is 0.200 e. The molecule has 20 heavy (non-hydrogen) atoms. The van der Waals surface area contributed by atoms with Gasteiger partial charge in [0.2, 0.25) is 0 Å². The number of fused-ring (bicyclic) bond motifs is 1. The van der Waals surface area contributed by atoms with Crippen molar-refractivity contribution in [1.82, 2.24) is 25.3 Å². The average molecular weight is 291 g/mol. The van der Waals surface area contributed by atoms with Crippen molar-refractivity contribution in [3.63, 3.8) is 0 Å². The summed E-state index contributed by atoms with van der Waals surface area (Å²) in [6.45, 7) is 0.322. The second kappa shape index (κ2) is 5.40. The van der Waals surface area contributed by atoms with Crippen molar-refractivity contribution in [2.45, 2.75) is 6.10 Å². The number of anilines is 1. The third-order valence-corrected chi connectivity index (χ3v) is 3.05. The first-order valence-corrected chi connectivity index (χ1v) is 6.33. The first kappa shape index (κ1) is 12.8.